The minimum absolute atomic E-state index is 0.0673. The van der Waals surface area contributed by atoms with Crippen molar-refractivity contribution in [2.24, 2.45) is 23.2 Å². The number of hydrogen-bond acceptors (Lipinski definition) is 3. The molecule has 0 spiro atoms. The third-order valence-corrected chi connectivity index (χ3v) is 7.29. The summed E-state index contributed by atoms with van der Waals surface area (Å²) in [6.45, 7) is 9.03. The van der Waals surface area contributed by atoms with Crippen molar-refractivity contribution < 1.29 is 10.0 Å². The molecule has 0 bridgehead atoms. The molecule has 2 saturated carbocycles. The summed E-state index contributed by atoms with van der Waals surface area (Å²) in [6.07, 6.45) is 5.14. The van der Waals surface area contributed by atoms with Crippen molar-refractivity contribution in [3.05, 3.63) is 45.5 Å². The Kier molecular flexibility index (Phi) is 3.32. The van der Waals surface area contributed by atoms with E-state index in [4.69, 9.17) is 0 Å². The van der Waals surface area contributed by atoms with Crippen LogP contribution in [0, 0.1) is 33.3 Å². The predicted octanol–water partition coefficient (Wildman–Crippen LogP) is 4.96. The number of aromatic hydroxyl groups is 1. The van der Waals surface area contributed by atoms with Crippen molar-refractivity contribution in [3.8, 4) is 5.75 Å². The zero-order chi connectivity index (χ0) is 17.2. The third-order valence-electron chi connectivity index (χ3n) is 7.29. The topological polar surface area (TPSA) is 63.4 Å². The lowest BCUT2D eigenvalue weighted by Gasteiger charge is -2.52. The second-order valence-corrected chi connectivity index (χ2v) is 8.33. The SMILES string of the molecule is C=C1CCC2C3CCc4c(ccc(O)c4[N+](=O)[O-])C3[C@@H](C)C[C@]12C. The van der Waals surface area contributed by atoms with Crippen LogP contribution in [0.15, 0.2) is 24.3 Å². The van der Waals surface area contributed by atoms with Gasteiger partial charge in [0.2, 0.25) is 0 Å². The number of phenolic OH excluding ortho intramolecular Hbond substituents is 1. The zero-order valence-electron chi connectivity index (χ0n) is 14.4. The lowest BCUT2D eigenvalue weighted by atomic mass is 9.52. The van der Waals surface area contributed by atoms with Gasteiger partial charge in [-0.2, -0.15) is 0 Å². The van der Waals surface area contributed by atoms with Crippen LogP contribution < -0.4 is 0 Å². The number of phenols is 1. The highest BCUT2D eigenvalue weighted by Crippen LogP contribution is 2.64. The highest BCUT2D eigenvalue weighted by molar-refractivity contribution is 5.58. The first-order valence-electron chi connectivity index (χ1n) is 9.02. The van der Waals surface area contributed by atoms with Gasteiger partial charge >= 0.3 is 5.69 Å². The molecular weight excluding hydrogens is 302 g/mol. The molecule has 0 heterocycles. The van der Waals surface area contributed by atoms with E-state index < -0.39 is 4.92 Å². The van der Waals surface area contributed by atoms with Gasteiger partial charge in [-0.1, -0.05) is 32.1 Å². The number of nitrogens with zero attached hydrogens (tertiary/aromatic N) is 1. The maximum absolute atomic E-state index is 11.4. The van der Waals surface area contributed by atoms with Crippen molar-refractivity contribution in [1.82, 2.24) is 0 Å². The summed E-state index contributed by atoms with van der Waals surface area (Å²) >= 11 is 0. The second kappa shape index (κ2) is 5.08. The van der Waals surface area contributed by atoms with E-state index in [0.29, 0.717) is 30.1 Å². The molecule has 2 fully saturated rings. The van der Waals surface area contributed by atoms with Crippen LogP contribution in [0.5, 0.6) is 5.75 Å². The largest absolute Gasteiger partial charge is 0.502 e. The van der Waals surface area contributed by atoms with E-state index in [9.17, 15) is 15.2 Å². The van der Waals surface area contributed by atoms with Crippen LogP contribution in [-0.4, -0.2) is 10.0 Å². The number of nitro benzene ring substituents is 1. The summed E-state index contributed by atoms with van der Waals surface area (Å²) in [7, 11) is 0. The minimum Gasteiger partial charge on any atom is -0.502 e. The highest BCUT2D eigenvalue weighted by atomic mass is 16.6. The van der Waals surface area contributed by atoms with Crippen molar-refractivity contribution >= 4 is 5.69 Å². The molecule has 24 heavy (non-hydrogen) atoms. The Labute approximate surface area is 142 Å². The fourth-order valence-corrected chi connectivity index (χ4v) is 6.29. The average molecular weight is 327 g/mol. The average Bonchev–Trinajstić information content (AvgIpc) is 2.81. The van der Waals surface area contributed by atoms with Crippen molar-refractivity contribution in [2.45, 2.75) is 51.9 Å². The summed E-state index contributed by atoms with van der Waals surface area (Å²) in [5.41, 5.74) is 3.46. The Morgan fingerprint density at radius 2 is 2.08 bits per heavy atom. The van der Waals surface area contributed by atoms with E-state index in [2.05, 4.69) is 20.4 Å². The number of nitro groups is 1. The summed E-state index contributed by atoms with van der Waals surface area (Å²) in [6, 6.07) is 3.46. The van der Waals surface area contributed by atoms with Crippen LogP contribution in [0.4, 0.5) is 5.69 Å². The van der Waals surface area contributed by atoms with Crippen LogP contribution in [0.2, 0.25) is 0 Å². The summed E-state index contributed by atoms with van der Waals surface area (Å²) in [5, 5.41) is 21.4. The first-order valence-corrected chi connectivity index (χ1v) is 9.02. The maximum atomic E-state index is 11.4. The Morgan fingerprint density at radius 3 is 2.79 bits per heavy atom. The van der Waals surface area contributed by atoms with Crippen molar-refractivity contribution in [2.75, 3.05) is 0 Å². The quantitative estimate of drug-likeness (QED) is 0.450. The van der Waals surface area contributed by atoms with Crippen LogP contribution in [0.1, 0.15) is 56.6 Å². The van der Waals surface area contributed by atoms with E-state index in [1.54, 1.807) is 0 Å². The van der Waals surface area contributed by atoms with E-state index in [0.717, 1.165) is 30.4 Å². The molecule has 0 amide bonds. The van der Waals surface area contributed by atoms with Crippen molar-refractivity contribution in [1.29, 1.82) is 0 Å². The number of fused-ring (bicyclic) bond motifs is 5. The molecule has 4 heteroatoms. The molecule has 5 atom stereocenters. The smallest absolute Gasteiger partial charge is 0.314 e. The number of rotatable bonds is 1. The Bertz CT molecular complexity index is 741. The van der Waals surface area contributed by atoms with E-state index in [1.165, 1.54) is 18.1 Å². The molecule has 128 valence electrons. The molecule has 1 N–H and O–H groups in total. The van der Waals surface area contributed by atoms with Crippen LogP contribution in [-0.2, 0) is 6.42 Å². The lowest BCUT2D eigenvalue weighted by Crippen LogP contribution is -2.44. The van der Waals surface area contributed by atoms with Crippen molar-refractivity contribution in [3.63, 3.8) is 0 Å². The van der Waals surface area contributed by atoms with Gasteiger partial charge in [0.1, 0.15) is 0 Å². The minimum atomic E-state index is -0.413. The fraction of sp³-hybridized carbons (Fsp3) is 0.600. The summed E-state index contributed by atoms with van der Waals surface area (Å²) < 4.78 is 0. The van der Waals surface area contributed by atoms with Gasteiger partial charge in [0.05, 0.1) is 4.92 Å². The molecule has 0 aromatic heterocycles. The second-order valence-electron chi connectivity index (χ2n) is 8.33. The summed E-state index contributed by atoms with van der Waals surface area (Å²) in [4.78, 5) is 11.0. The summed E-state index contributed by atoms with van der Waals surface area (Å²) in [5.74, 6) is 1.88. The first-order chi connectivity index (χ1) is 11.3. The third kappa shape index (κ3) is 1.92. The molecule has 0 aliphatic heterocycles. The van der Waals surface area contributed by atoms with Gasteiger partial charge in [-0.15, -0.1) is 0 Å². The molecule has 0 saturated heterocycles. The van der Waals surface area contributed by atoms with Gasteiger partial charge in [-0.25, -0.2) is 0 Å². The van der Waals surface area contributed by atoms with Gasteiger partial charge in [-0.3, -0.25) is 10.1 Å². The monoisotopic (exact) mass is 327 g/mol. The van der Waals surface area contributed by atoms with Gasteiger partial charge in [0.25, 0.3) is 0 Å². The molecule has 4 rings (SSSR count). The molecule has 1 aromatic carbocycles. The Hall–Kier alpha value is -1.84. The molecular formula is C20H25NO3. The van der Waals surface area contributed by atoms with Crippen LogP contribution in [0.3, 0.4) is 0 Å². The fourth-order valence-electron chi connectivity index (χ4n) is 6.29. The zero-order valence-corrected chi connectivity index (χ0v) is 14.4. The standard InChI is InChI=1S/C20H25NO3/c1-11-10-20(3)12(2)4-8-16(20)15-6-5-14-13(18(11)15)7-9-17(22)19(14)21(23)24/h7,9,11,15-16,18,22H,2,4-6,8,10H2,1,3H3/t11-,15?,16?,18?,20+/m0/s1. The number of allylic oxidation sites excluding steroid dienone is 1. The normalized spacial score (nSPS) is 37.5. The van der Waals surface area contributed by atoms with Crippen LogP contribution >= 0.6 is 0 Å². The molecule has 3 aliphatic carbocycles. The predicted molar refractivity (Wildman–Crippen MR) is 93.1 cm³/mol. The van der Waals surface area contributed by atoms with Gasteiger partial charge in [0.15, 0.2) is 5.75 Å². The van der Waals surface area contributed by atoms with Gasteiger partial charge < -0.3 is 5.11 Å². The molecule has 4 nitrogen and oxygen atoms in total. The Morgan fingerprint density at radius 1 is 1.33 bits per heavy atom. The van der Waals surface area contributed by atoms with Crippen LogP contribution in [0.25, 0.3) is 0 Å². The lowest BCUT2D eigenvalue weighted by molar-refractivity contribution is -0.386. The number of benzene rings is 1. The number of hydrogen-bond donors (Lipinski definition) is 1. The Balaban J connectivity index is 1.82. The molecule has 3 aliphatic rings. The molecule has 0 radical (unpaired) electrons. The highest BCUT2D eigenvalue weighted by Gasteiger charge is 2.54. The maximum Gasteiger partial charge on any atom is 0.314 e. The van der Waals surface area contributed by atoms with E-state index in [-0.39, 0.29) is 16.9 Å². The van der Waals surface area contributed by atoms with Gasteiger partial charge in [0, 0.05) is 5.56 Å². The van der Waals surface area contributed by atoms with E-state index in [1.807, 2.05) is 6.07 Å². The molecule has 3 unspecified atom stereocenters. The molecule has 1 aromatic rings. The van der Waals surface area contributed by atoms with Gasteiger partial charge in [-0.05, 0) is 72.8 Å². The van der Waals surface area contributed by atoms with E-state index >= 15 is 0 Å². The first kappa shape index (κ1) is 15.7.